The molecule has 0 unspecified atom stereocenters. The molecule has 8 nitrogen and oxygen atoms in total. The Morgan fingerprint density at radius 3 is 2.81 bits per heavy atom. The topological polar surface area (TPSA) is 106 Å². The first-order valence-electron chi connectivity index (χ1n) is 8.44. The lowest BCUT2D eigenvalue weighted by molar-refractivity contribution is -0.142. The predicted octanol–water partition coefficient (Wildman–Crippen LogP) is 2.87. The highest BCUT2D eigenvalue weighted by atomic mass is 127. The molecular weight excluding hydrogens is 447 g/mol. The van der Waals surface area contributed by atoms with E-state index < -0.39 is 5.97 Å². The second-order valence-electron chi connectivity index (χ2n) is 6.38. The van der Waals surface area contributed by atoms with Crippen LogP contribution in [0.25, 0.3) is 16.9 Å². The van der Waals surface area contributed by atoms with E-state index in [0.717, 1.165) is 27.4 Å². The minimum atomic E-state index is -0.700. The van der Waals surface area contributed by atoms with Gasteiger partial charge in [0.05, 0.1) is 11.4 Å². The molecule has 2 aromatic heterocycles. The summed E-state index contributed by atoms with van der Waals surface area (Å²) in [6.07, 6.45) is 4.65. The van der Waals surface area contributed by atoms with Crippen molar-refractivity contribution in [2.75, 3.05) is 5.32 Å². The van der Waals surface area contributed by atoms with E-state index in [2.05, 4.69) is 48.2 Å². The zero-order valence-electron chi connectivity index (χ0n) is 13.8. The summed E-state index contributed by atoms with van der Waals surface area (Å²) in [5, 5.41) is 20.9. The molecule has 4 rings (SSSR count). The van der Waals surface area contributed by atoms with E-state index in [1.807, 2.05) is 18.2 Å². The first-order valence-corrected chi connectivity index (χ1v) is 9.52. The van der Waals surface area contributed by atoms with Crippen LogP contribution in [0.4, 0.5) is 5.95 Å². The summed E-state index contributed by atoms with van der Waals surface area (Å²) in [6, 6.07) is 7.89. The van der Waals surface area contributed by atoms with Gasteiger partial charge in [0.1, 0.15) is 5.52 Å². The number of benzene rings is 1. The molecule has 0 amide bonds. The van der Waals surface area contributed by atoms with Crippen LogP contribution in [0.5, 0.6) is 0 Å². The van der Waals surface area contributed by atoms with E-state index in [9.17, 15) is 4.79 Å². The number of nitrogens with one attached hydrogen (secondary N) is 1. The number of rotatable bonds is 4. The lowest BCUT2D eigenvalue weighted by Gasteiger charge is -2.26. The van der Waals surface area contributed by atoms with Crippen molar-refractivity contribution in [2.24, 2.45) is 5.92 Å². The summed E-state index contributed by atoms with van der Waals surface area (Å²) in [4.78, 5) is 19.9. The lowest BCUT2D eigenvalue weighted by atomic mass is 9.86. The van der Waals surface area contributed by atoms with Gasteiger partial charge in [-0.25, -0.2) is 4.98 Å². The Morgan fingerprint density at radius 1 is 1.23 bits per heavy atom. The maximum absolute atomic E-state index is 11.1. The van der Waals surface area contributed by atoms with Crippen molar-refractivity contribution < 1.29 is 9.90 Å². The highest BCUT2D eigenvalue weighted by Crippen LogP contribution is 2.26. The summed E-state index contributed by atoms with van der Waals surface area (Å²) < 4.78 is 2.74. The van der Waals surface area contributed by atoms with E-state index in [1.54, 1.807) is 16.9 Å². The number of carbonyl (C=O) groups is 1. The van der Waals surface area contributed by atoms with Crippen LogP contribution in [0.2, 0.25) is 0 Å². The SMILES string of the molecule is O=C(O)C1CCC(Nc2nccc(-n3nnc4c(I)cccc43)n2)CC1. The molecule has 134 valence electrons. The van der Waals surface area contributed by atoms with Crippen LogP contribution in [-0.4, -0.2) is 42.1 Å². The molecule has 1 aromatic carbocycles. The lowest BCUT2D eigenvalue weighted by Crippen LogP contribution is -2.30. The fourth-order valence-corrected chi connectivity index (χ4v) is 3.88. The van der Waals surface area contributed by atoms with E-state index in [1.165, 1.54) is 0 Å². The van der Waals surface area contributed by atoms with Gasteiger partial charge in [-0.05, 0) is 60.4 Å². The number of fused-ring (bicyclic) bond motifs is 1. The molecule has 9 heteroatoms. The Kier molecular flexibility index (Phi) is 4.70. The van der Waals surface area contributed by atoms with Gasteiger partial charge in [0.2, 0.25) is 5.95 Å². The predicted molar refractivity (Wildman–Crippen MR) is 104 cm³/mol. The van der Waals surface area contributed by atoms with Crippen LogP contribution < -0.4 is 5.32 Å². The summed E-state index contributed by atoms with van der Waals surface area (Å²) in [5.74, 6) is 0.237. The van der Waals surface area contributed by atoms with Crippen molar-refractivity contribution in [1.82, 2.24) is 25.0 Å². The van der Waals surface area contributed by atoms with Crippen LogP contribution in [0.3, 0.4) is 0 Å². The third-order valence-corrected chi connectivity index (χ3v) is 5.57. The number of halogens is 1. The minimum Gasteiger partial charge on any atom is -0.481 e. The van der Waals surface area contributed by atoms with Crippen molar-refractivity contribution in [3.8, 4) is 5.82 Å². The molecule has 0 spiro atoms. The van der Waals surface area contributed by atoms with Crippen molar-refractivity contribution in [2.45, 2.75) is 31.7 Å². The van der Waals surface area contributed by atoms with E-state index >= 15 is 0 Å². The molecule has 3 aromatic rings. The Morgan fingerprint density at radius 2 is 2.04 bits per heavy atom. The van der Waals surface area contributed by atoms with Gasteiger partial charge in [-0.15, -0.1) is 5.10 Å². The first kappa shape index (κ1) is 17.1. The zero-order chi connectivity index (χ0) is 18.1. The Labute approximate surface area is 163 Å². The van der Waals surface area contributed by atoms with Crippen LogP contribution in [0, 0.1) is 9.49 Å². The molecule has 0 saturated heterocycles. The number of carboxylic acid groups (broad SMARTS) is 1. The first-order chi connectivity index (χ1) is 12.6. The fourth-order valence-electron chi connectivity index (χ4n) is 3.28. The highest BCUT2D eigenvalue weighted by Gasteiger charge is 2.26. The molecular formula is C17H17IN6O2. The van der Waals surface area contributed by atoms with Gasteiger partial charge in [0, 0.05) is 21.9 Å². The van der Waals surface area contributed by atoms with Crippen molar-refractivity contribution in [3.05, 3.63) is 34.0 Å². The van der Waals surface area contributed by atoms with E-state index in [4.69, 9.17) is 5.11 Å². The number of hydrogen-bond donors (Lipinski definition) is 2. The number of aliphatic carboxylic acids is 1. The Hall–Kier alpha value is -2.30. The third-order valence-electron chi connectivity index (χ3n) is 4.70. The molecule has 1 aliphatic carbocycles. The number of anilines is 1. The molecule has 2 heterocycles. The molecule has 2 N–H and O–H groups in total. The quantitative estimate of drug-likeness (QED) is 0.572. The Bertz CT molecular complexity index is 951. The van der Waals surface area contributed by atoms with E-state index in [-0.39, 0.29) is 12.0 Å². The summed E-state index contributed by atoms with van der Waals surface area (Å²) in [5.41, 5.74) is 1.73. The molecule has 0 bridgehead atoms. The summed E-state index contributed by atoms with van der Waals surface area (Å²) >= 11 is 2.24. The van der Waals surface area contributed by atoms with Crippen LogP contribution in [0.15, 0.2) is 30.5 Å². The van der Waals surface area contributed by atoms with Gasteiger partial charge in [0.25, 0.3) is 0 Å². The van der Waals surface area contributed by atoms with Gasteiger partial charge >= 0.3 is 5.97 Å². The van der Waals surface area contributed by atoms with Crippen LogP contribution in [0.1, 0.15) is 25.7 Å². The maximum atomic E-state index is 11.1. The minimum absolute atomic E-state index is 0.189. The van der Waals surface area contributed by atoms with E-state index in [0.29, 0.717) is 24.6 Å². The number of aromatic nitrogens is 5. The standard InChI is InChI=1S/C17H17IN6O2/c18-12-2-1-3-13-15(12)22-23-24(13)14-8-9-19-17(21-14)20-11-6-4-10(5-7-11)16(25)26/h1-3,8-11H,4-7H2,(H,25,26)(H,19,20,21). The monoisotopic (exact) mass is 464 g/mol. The zero-order valence-corrected chi connectivity index (χ0v) is 16.0. The summed E-state index contributed by atoms with van der Waals surface area (Å²) in [7, 11) is 0. The van der Waals surface area contributed by atoms with Crippen molar-refractivity contribution >= 4 is 45.5 Å². The second-order valence-corrected chi connectivity index (χ2v) is 7.54. The van der Waals surface area contributed by atoms with Crippen molar-refractivity contribution in [1.29, 1.82) is 0 Å². The average molecular weight is 464 g/mol. The second kappa shape index (κ2) is 7.14. The molecule has 0 aliphatic heterocycles. The molecule has 0 radical (unpaired) electrons. The van der Waals surface area contributed by atoms with Crippen LogP contribution in [-0.2, 0) is 4.79 Å². The molecule has 1 aliphatic rings. The largest absolute Gasteiger partial charge is 0.481 e. The molecule has 26 heavy (non-hydrogen) atoms. The maximum Gasteiger partial charge on any atom is 0.306 e. The fraction of sp³-hybridized carbons (Fsp3) is 0.353. The van der Waals surface area contributed by atoms with Gasteiger partial charge in [-0.3, -0.25) is 4.79 Å². The smallest absolute Gasteiger partial charge is 0.306 e. The van der Waals surface area contributed by atoms with Gasteiger partial charge < -0.3 is 10.4 Å². The van der Waals surface area contributed by atoms with Gasteiger partial charge in [-0.2, -0.15) is 9.67 Å². The summed E-state index contributed by atoms with van der Waals surface area (Å²) in [6.45, 7) is 0. The average Bonchev–Trinajstić information content (AvgIpc) is 3.08. The molecule has 1 fully saturated rings. The van der Waals surface area contributed by atoms with Gasteiger partial charge in [-0.1, -0.05) is 11.3 Å². The molecule has 1 saturated carbocycles. The number of hydrogen-bond acceptors (Lipinski definition) is 6. The third kappa shape index (κ3) is 3.35. The van der Waals surface area contributed by atoms with Crippen molar-refractivity contribution in [3.63, 3.8) is 0 Å². The van der Waals surface area contributed by atoms with Crippen LogP contribution >= 0.6 is 22.6 Å². The highest BCUT2D eigenvalue weighted by molar-refractivity contribution is 14.1. The number of nitrogens with zero attached hydrogens (tertiary/aromatic N) is 5. The Balaban J connectivity index is 1.54. The van der Waals surface area contributed by atoms with Gasteiger partial charge in [0.15, 0.2) is 5.82 Å². The normalized spacial score (nSPS) is 20.2. The molecule has 0 atom stereocenters. The number of carboxylic acids is 1.